The summed E-state index contributed by atoms with van der Waals surface area (Å²) in [6, 6.07) is 5.94. The third-order valence-corrected chi connectivity index (χ3v) is 3.81. The number of pyridine rings is 1. The summed E-state index contributed by atoms with van der Waals surface area (Å²) in [6.45, 7) is -0.107. The third kappa shape index (κ3) is 3.34. The molecule has 118 valence electrons. The summed E-state index contributed by atoms with van der Waals surface area (Å²) in [4.78, 5) is 27.4. The van der Waals surface area contributed by atoms with Gasteiger partial charge in [0.1, 0.15) is 16.6 Å². The van der Waals surface area contributed by atoms with Crippen LogP contribution in [0.25, 0.3) is 0 Å². The van der Waals surface area contributed by atoms with Gasteiger partial charge >= 0.3 is 0 Å². The van der Waals surface area contributed by atoms with Crippen LogP contribution in [-0.4, -0.2) is 23.4 Å². The number of aromatic nitrogens is 1. The Bertz CT molecular complexity index is 826. The maximum Gasteiger partial charge on any atom is 0.275 e. The maximum atomic E-state index is 12.3. The number of ether oxygens (including phenoxy) is 1. The number of nitrogens with one attached hydrogen (secondary N) is 2. The van der Waals surface area contributed by atoms with Crippen molar-refractivity contribution in [2.24, 2.45) is 0 Å². The van der Waals surface area contributed by atoms with Gasteiger partial charge in [-0.05, 0) is 18.2 Å². The van der Waals surface area contributed by atoms with Crippen molar-refractivity contribution in [3.8, 4) is 5.75 Å². The van der Waals surface area contributed by atoms with E-state index in [1.54, 1.807) is 0 Å². The molecule has 9 heteroatoms. The Balaban J connectivity index is 1.89. The Morgan fingerprint density at radius 3 is 2.78 bits per heavy atom. The van der Waals surface area contributed by atoms with E-state index < -0.39 is 5.91 Å². The second kappa shape index (κ2) is 6.23. The molecule has 0 atom stereocenters. The first-order chi connectivity index (χ1) is 10.9. The molecular weight excluding hydrogens is 365 g/mol. The SMILES string of the molecule is O=C1COc2cc(NC(=O)c3nc(Cl)ccc3Cl)c(Cl)cc2N1. The van der Waals surface area contributed by atoms with Crippen LogP contribution in [0.4, 0.5) is 11.4 Å². The molecule has 0 aliphatic carbocycles. The fourth-order valence-corrected chi connectivity index (χ4v) is 2.50. The molecule has 1 aromatic carbocycles. The van der Waals surface area contributed by atoms with Crippen LogP contribution >= 0.6 is 34.8 Å². The monoisotopic (exact) mass is 371 g/mol. The van der Waals surface area contributed by atoms with Gasteiger partial charge < -0.3 is 15.4 Å². The Morgan fingerprint density at radius 1 is 1.22 bits per heavy atom. The van der Waals surface area contributed by atoms with E-state index in [-0.39, 0.29) is 33.4 Å². The molecule has 2 amide bonds. The molecule has 0 unspecified atom stereocenters. The quantitative estimate of drug-likeness (QED) is 0.789. The van der Waals surface area contributed by atoms with E-state index in [0.29, 0.717) is 17.1 Å². The summed E-state index contributed by atoms with van der Waals surface area (Å²) in [6.07, 6.45) is 0. The summed E-state index contributed by atoms with van der Waals surface area (Å²) in [7, 11) is 0. The molecule has 6 nitrogen and oxygen atoms in total. The predicted molar refractivity (Wildman–Crippen MR) is 87.8 cm³/mol. The number of nitrogens with zero attached hydrogens (tertiary/aromatic N) is 1. The van der Waals surface area contributed by atoms with E-state index in [2.05, 4.69) is 15.6 Å². The van der Waals surface area contributed by atoms with Crippen molar-refractivity contribution < 1.29 is 14.3 Å². The van der Waals surface area contributed by atoms with Crippen LogP contribution in [0.2, 0.25) is 15.2 Å². The maximum absolute atomic E-state index is 12.3. The number of halogens is 3. The van der Waals surface area contributed by atoms with Gasteiger partial charge in [-0.3, -0.25) is 9.59 Å². The number of hydrogen-bond acceptors (Lipinski definition) is 4. The Labute approximate surface area is 145 Å². The molecule has 1 aliphatic heterocycles. The highest BCUT2D eigenvalue weighted by atomic mass is 35.5. The zero-order chi connectivity index (χ0) is 16.6. The van der Waals surface area contributed by atoms with Gasteiger partial charge in [-0.15, -0.1) is 0 Å². The first-order valence-corrected chi connectivity index (χ1v) is 7.47. The fraction of sp³-hybridized carbons (Fsp3) is 0.0714. The first-order valence-electron chi connectivity index (χ1n) is 6.33. The number of amides is 2. The van der Waals surface area contributed by atoms with Gasteiger partial charge in [0.2, 0.25) is 0 Å². The lowest BCUT2D eigenvalue weighted by atomic mass is 10.2. The molecular formula is C14H8Cl3N3O3. The largest absolute Gasteiger partial charge is 0.482 e. The van der Waals surface area contributed by atoms with Crippen LogP contribution in [0.15, 0.2) is 24.3 Å². The van der Waals surface area contributed by atoms with Gasteiger partial charge in [-0.1, -0.05) is 34.8 Å². The van der Waals surface area contributed by atoms with Crippen LogP contribution < -0.4 is 15.4 Å². The van der Waals surface area contributed by atoms with Gasteiger partial charge in [0.15, 0.2) is 6.61 Å². The van der Waals surface area contributed by atoms with E-state index in [1.165, 1.54) is 24.3 Å². The Hall–Kier alpha value is -2.02. The highest BCUT2D eigenvalue weighted by Gasteiger charge is 2.20. The van der Waals surface area contributed by atoms with Gasteiger partial charge in [0, 0.05) is 6.07 Å². The van der Waals surface area contributed by atoms with Crippen molar-refractivity contribution in [1.29, 1.82) is 0 Å². The third-order valence-electron chi connectivity index (χ3n) is 2.98. The summed E-state index contributed by atoms with van der Waals surface area (Å²) in [5, 5.41) is 5.73. The van der Waals surface area contributed by atoms with Crippen LogP contribution in [0.3, 0.4) is 0 Å². The molecule has 1 aromatic heterocycles. The number of hydrogen-bond donors (Lipinski definition) is 2. The van der Waals surface area contributed by atoms with Crippen LogP contribution in [-0.2, 0) is 4.79 Å². The lowest BCUT2D eigenvalue weighted by Crippen LogP contribution is -2.25. The lowest BCUT2D eigenvalue weighted by molar-refractivity contribution is -0.118. The number of carbonyl (C=O) groups is 2. The molecule has 2 aromatic rings. The smallest absolute Gasteiger partial charge is 0.275 e. The van der Waals surface area contributed by atoms with Crippen LogP contribution in [0, 0.1) is 0 Å². The van der Waals surface area contributed by atoms with Crippen molar-refractivity contribution in [3.05, 3.63) is 45.2 Å². The number of rotatable bonds is 2. The van der Waals surface area contributed by atoms with Crippen molar-refractivity contribution in [1.82, 2.24) is 4.98 Å². The van der Waals surface area contributed by atoms with Gasteiger partial charge in [0.25, 0.3) is 11.8 Å². The van der Waals surface area contributed by atoms with E-state index in [9.17, 15) is 9.59 Å². The van der Waals surface area contributed by atoms with Gasteiger partial charge in [-0.25, -0.2) is 4.98 Å². The summed E-state index contributed by atoms with van der Waals surface area (Å²) >= 11 is 17.8. The number of carbonyl (C=O) groups excluding carboxylic acids is 2. The molecule has 2 N–H and O–H groups in total. The highest BCUT2D eigenvalue weighted by Crippen LogP contribution is 2.36. The zero-order valence-electron chi connectivity index (χ0n) is 11.3. The second-order valence-electron chi connectivity index (χ2n) is 4.58. The molecule has 0 spiro atoms. The number of anilines is 2. The molecule has 2 heterocycles. The minimum Gasteiger partial charge on any atom is -0.482 e. The summed E-state index contributed by atoms with van der Waals surface area (Å²) in [5.74, 6) is -0.450. The minimum atomic E-state index is -0.570. The van der Waals surface area contributed by atoms with E-state index in [1.807, 2.05) is 0 Å². The Kier molecular flexibility index (Phi) is 4.30. The predicted octanol–water partition coefficient (Wildman–Crippen LogP) is 3.63. The van der Waals surface area contributed by atoms with E-state index >= 15 is 0 Å². The molecule has 1 aliphatic rings. The molecule has 23 heavy (non-hydrogen) atoms. The van der Waals surface area contributed by atoms with E-state index in [0.717, 1.165) is 0 Å². The summed E-state index contributed by atoms with van der Waals surface area (Å²) in [5.41, 5.74) is 0.703. The molecule has 0 bridgehead atoms. The van der Waals surface area contributed by atoms with Crippen molar-refractivity contribution in [3.63, 3.8) is 0 Å². The molecule has 0 saturated carbocycles. The zero-order valence-corrected chi connectivity index (χ0v) is 13.6. The van der Waals surface area contributed by atoms with Gasteiger partial charge in [0.05, 0.1) is 21.4 Å². The minimum absolute atomic E-state index is 0.0258. The highest BCUT2D eigenvalue weighted by molar-refractivity contribution is 6.36. The van der Waals surface area contributed by atoms with Gasteiger partial charge in [-0.2, -0.15) is 0 Å². The van der Waals surface area contributed by atoms with Crippen LogP contribution in [0.5, 0.6) is 5.75 Å². The molecule has 3 rings (SSSR count). The standard InChI is InChI=1S/C14H8Cl3N3O3/c15-6-1-2-11(17)20-13(6)14(22)19-8-4-10-9(3-7(8)16)18-12(21)5-23-10/h1-4H,5H2,(H,18,21)(H,19,22). The molecule has 0 saturated heterocycles. The topological polar surface area (TPSA) is 80.3 Å². The first kappa shape index (κ1) is 15.9. The van der Waals surface area contributed by atoms with Crippen molar-refractivity contribution in [2.45, 2.75) is 0 Å². The lowest BCUT2D eigenvalue weighted by Gasteiger charge is -2.19. The average Bonchev–Trinajstić information content (AvgIpc) is 2.50. The molecule has 0 radical (unpaired) electrons. The Morgan fingerprint density at radius 2 is 2.00 bits per heavy atom. The normalized spacial score (nSPS) is 12.9. The van der Waals surface area contributed by atoms with Crippen molar-refractivity contribution in [2.75, 3.05) is 17.2 Å². The second-order valence-corrected chi connectivity index (χ2v) is 5.79. The van der Waals surface area contributed by atoms with Crippen molar-refractivity contribution >= 4 is 58.0 Å². The average molecular weight is 373 g/mol. The number of fused-ring (bicyclic) bond motifs is 1. The summed E-state index contributed by atoms with van der Waals surface area (Å²) < 4.78 is 5.28. The number of benzene rings is 1. The van der Waals surface area contributed by atoms with Crippen LogP contribution in [0.1, 0.15) is 10.5 Å². The fourth-order valence-electron chi connectivity index (χ4n) is 1.95. The van der Waals surface area contributed by atoms with E-state index in [4.69, 9.17) is 39.5 Å². The molecule has 0 fully saturated rings.